The van der Waals surface area contributed by atoms with E-state index in [4.69, 9.17) is 33.1 Å². The van der Waals surface area contributed by atoms with E-state index in [9.17, 15) is 4.79 Å². The van der Waals surface area contributed by atoms with Crippen molar-refractivity contribution in [3.05, 3.63) is 34.9 Å². The van der Waals surface area contributed by atoms with Crippen molar-refractivity contribution in [2.24, 2.45) is 0 Å². The molecule has 0 heterocycles. The van der Waals surface area contributed by atoms with Crippen LogP contribution in [0.25, 0.3) is 0 Å². The van der Waals surface area contributed by atoms with E-state index in [0.29, 0.717) is 10.6 Å². The molecule has 1 N–H and O–H groups in total. The first kappa shape index (κ1) is 11.9. The van der Waals surface area contributed by atoms with Gasteiger partial charge in [0.2, 0.25) is 0 Å². The lowest BCUT2D eigenvalue weighted by molar-refractivity contribution is -0.122. The summed E-state index contributed by atoms with van der Waals surface area (Å²) in [6.45, 7) is -0.250. The van der Waals surface area contributed by atoms with Gasteiger partial charge in [-0.3, -0.25) is 9.59 Å². The number of rotatable bonds is 1. The summed E-state index contributed by atoms with van der Waals surface area (Å²) in [5.41, 5.74) is 0.353. The molecule has 0 atom stereocenters. The molecule has 1 aromatic carbocycles. The summed E-state index contributed by atoms with van der Waals surface area (Å²) in [6, 6.07) is 6.65. The van der Waals surface area contributed by atoms with E-state index < -0.39 is 5.24 Å². The summed E-state index contributed by atoms with van der Waals surface area (Å²) in [5.74, 6) is 0. The summed E-state index contributed by atoms with van der Waals surface area (Å²) >= 11 is 10.8. The van der Waals surface area contributed by atoms with Gasteiger partial charge in [0, 0.05) is 0 Å². The van der Waals surface area contributed by atoms with Crippen LogP contribution in [0.5, 0.6) is 0 Å². The Hall–Kier alpha value is -1.06. The van der Waals surface area contributed by atoms with Gasteiger partial charge in [0.05, 0.1) is 10.6 Å². The van der Waals surface area contributed by atoms with Gasteiger partial charge in [0.1, 0.15) is 0 Å². The highest BCUT2D eigenvalue weighted by Crippen LogP contribution is 2.16. The standard InChI is InChI=1S/C7H4Cl2O.CH2O2/c8-6-4-2-1-3-5(6)7(9)10;2-1-3/h1-4H;1H,(H,2,3). The monoisotopic (exact) mass is 220 g/mol. The molecular formula is C8H6Cl2O3. The van der Waals surface area contributed by atoms with Crippen LogP contribution in [0.4, 0.5) is 0 Å². The first-order valence-electron chi connectivity index (χ1n) is 3.15. The molecule has 0 saturated heterocycles. The Balaban J connectivity index is 0.000000424. The minimum absolute atomic E-state index is 0.250. The van der Waals surface area contributed by atoms with Crippen molar-refractivity contribution in [2.45, 2.75) is 0 Å². The molecule has 0 amide bonds. The second kappa shape index (κ2) is 6.46. The molecule has 0 aromatic heterocycles. The maximum Gasteiger partial charge on any atom is 0.290 e. The molecule has 0 fully saturated rings. The van der Waals surface area contributed by atoms with Crippen molar-refractivity contribution >= 4 is 34.9 Å². The lowest BCUT2D eigenvalue weighted by Crippen LogP contribution is -1.87. The number of carboxylic acid groups (broad SMARTS) is 1. The Morgan fingerprint density at radius 3 is 2.15 bits per heavy atom. The summed E-state index contributed by atoms with van der Waals surface area (Å²) in [4.78, 5) is 18.9. The summed E-state index contributed by atoms with van der Waals surface area (Å²) in [7, 11) is 0. The highest BCUT2D eigenvalue weighted by molar-refractivity contribution is 6.68. The van der Waals surface area contributed by atoms with E-state index in [1.165, 1.54) is 0 Å². The number of carbonyl (C=O) groups excluding carboxylic acids is 1. The summed E-state index contributed by atoms with van der Waals surface area (Å²) < 4.78 is 0. The van der Waals surface area contributed by atoms with Gasteiger partial charge in [-0.05, 0) is 23.7 Å². The van der Waals surface area contributed by atoms with E-state index in [2.05, 4.69) is 0 Å². The minimum atomic E-state index is -0.523. The smallest absolute Gasteiger partial charge is 0.290 e. The third-order valence-electron chi connectivity index (χ3n) is 1.09. The lowest BCUT2D eigenvalue weighted by Gasteiger charge is -1.93. The normalized spacial score (nSPS) is 8.15. The molecule has 0 bridgehead atoms. The van der Waals surface area contributed by atoms with Crippen molar-refractivity contribution in [1.82, 2.24) is 0 Å². The molecule has 0 aliphatic carbocycles. The fourth-order valence-corrected chi connectivity index (χ4v) is 1.06. The number of hydrogen-bond acceptors (Lipinski definition) is 2. The molecule has 1 rings (SSSR count). The van der Waals surface area contributed by atoms with Crippen LogP contribution >= 0.6 is 23.2 Å². The van der Waals surface area contributed by atoms with Crippen LogP contribution in [0, 0.1) is 0 Å². The van der Waals surface area contributed by atoms with Crippen molar-refractivity contribution in [3.8, 4) is 0 Å². The molecule has 0 unspecified atom stereocenters. The minimum Gasteiger partial charge on any atom is -0.483 e. The lowest BCUT2D eigenvalue weighted by atomic mass is 10.2. The average Bonchev–Trinajstić information content (AvgIpc) is 2.06. The van der Waals surface area contributed by atoms with E-state index in [-0.39, 0.29) is 6.47 Å². The summed E-state index contributed by atoms with van der Waals surface area (Å²) in [5, 5.41) is 6.76. The predicted molar refractivity (Wildman–Crippen MR) is 50.3 cm³/mol. The maximum absolute atomic E-state index is 10.5. The second-order valence-electron chi connectivity index (χ2n) is 1.86. The Bertz CT molecular complexity index is 299. The summed E-state index contributed by atoms with van der Waals surface area (Å²) in [6.07, 6.45) is 0. The first-order valence-corrected chi connectivity index (χ1v) is 3.91. The molecule has 3 nitrogen and oxygen atoms in total. The largest absolute Gasteiger partial charge is 0.483 e. The molecule has 70 valence electrons. The zero-order valence-electron chi connectivity index (χ0n) is 6.41. The average molecular weight is 221 g/mol. The van der Waals surface area contributed by atoms with E-state index >= 15 is 0 Å². The van der Waals surface area contributed by atoms with E-state index in [0.717, 1.165) is 0 Å². The van der Waals surface area contributed by atoms with Gasteiger partial charge in [-0.25, -0.2) is 0 Å². The quantitative estimate of drug-likeness (QED) is 0.585. The Labute approximate surface area is 84.9 Å². The molecule has 0 saturated carbocycles. The van der Waals surface area contributed by atoms with E-state index in [1.54, 1.807) is 24.3 Å². The second-order valence-corrected chi connectivity index (χ2v) is 2.61. The molecule has 0 aliphatic heterocycles. The SMILES string of the molecule is O=C(Cl)c1ccccc1Cl.O=CO. The third-order valence-corrected chi connectivity index (χ3v) is 1.62. The highest BCUT2D eigenvalue weighted by atomic mass is 35.5. The van der Waals surface area contributed by atoms with Crippen molar-refractivity contribution in [2.75, 3.05) is 0 Å². The first-order chi connectivity index (χ1) is 6.13. The molecule has 0 spiro atoms. The van der Waals surface area contributed by atoms with Crippen LogP contribution in [-0.4, -0.2) is 16.8 Å². The molecule has 1 aromatic rings. The molecule has 13 heavy (non-hydrogen) atoms. The van der Waals surface area contributed by atoms with Crippen LogP contribution in [0.15, 0.2) is 24.3 Å². The number of carbonyl (C=O) groups is 2. The fraction of sp³-hybridized carbons (Fsp3) is 0. The van der Waals surface area contributed by atoms with Crippen LogP contribution in [0.3, 0.4) is 0 Å². The predicted octanol–water partition coefficient (Wildman–Crippen LogP) is 2.42. The maximum atomic E-state index is 10.5. The zero-order chi connectivity index (χ0) is 10.3. The molecule has 0 aliphatic rings. The Morgan fingerprint density at radius 1 is 1.38 bits per heavy atom. The van der Waals surface area contributed by atoms with Gasteiger partial charge in [-0.1, -0.05) is 23.7 Å². The van der Waals surface area contributed by atoms with Crippen LogP contribution in [-0.2, 0) is 4.79 Å². The van der Waals surface area contributed by atoms with Crippen molar-refractivity contribution in [1.29, 1.82) is 0 Å². The van der Waals surface area contributed by atoms with Gasteiger partial charge in [0.25, 0.3) is 11.7 Å². The van der Waals surface area contributed by atoms with Gasteiger partial charge < -0.3 is 5.11 Å². The Morgan fingerprint density at radius 2 is 1.85 bits per heavy atom. The molecular weight excluding hydrogens is 215 g/mol. The fourth-order valence-electron chi connectivity index (χ4n) is 0.621. The number of halogens is 2. The van der Waals surface area contributed by atoms with Crippen LogP contribution in [0.1, 0.15) is 10.4 Å². The van der Waals surface area contributed by atoms with Crippen molar-refractivity contribution < 1.29 is 14.7 Å². The van der Waals surface area contributed by atoms with Gasteiger partial charge >= 0.3 is 0 Å². The van der Waals surface area contributed by atoms with Crippen LogP contribution in [0.2, 0.25) is 5.02 Å². The molecule has 0 radical (unpaired) electrons. The Kier molecular flexibility index (Phi) is 5.93. The zero-order valence-corrected chi connectivity index (χ0v) is 7.92. The van der Waals surface area contributed by atoms with Gasteiger partial charge in [-0.15, -0.1) is 0 Å². The highest BCUT2D eigenvalue weighted by Gasteiger charge is 2.03. The van der Waals surface area contributed by atoms with E-state index in [1.807, 2.05) is 0 Å². The topological polar surface area (TPSA) is 54.4 Å². The third kappa shape index (κ3) is 4.50. The molecule has 5 heteroatoms. The van der Waals surface area contributed by atoms with Gasteiger partial charge in [-0.2, -0.15) is 0 Å². The number of hydrogen-bond donors (Lipinski definition) is 1. The van der Waals surface area contributed by atoms with Gasteiger partial charge in [0.15, 0.2) is 0 Å². The number of benzene rings is 1. The van der Waals surface area contributed by atoms with Crippen molar-refractivity contribution in [3.63, 3.8) is 0 Å². The van der Waals surface area contributed by atoms with Crippen LogP contribution < -0.4 is 0 Å².